The summed E-state index contributed by atoms with van der Waals surface area (Å²) >= 11 is 0. The first-order valence-electron chi connectivity index (χ1n) is 11.3. The number of aromatic nitrogens is 5. The summed E-state index contributed by atoms with van der Waals surface area (Å²) in [5, 5.41) is 3.71. The van der Waals surface area contributed by atoms with Crippen molar-refractivity contribution in [2.24, 2.45) is 0 Å². The lowest BCUT2D eigenvalue weighted by molar-refractivity contribution is 0.0943. The first-order valence-corrected chi connectivity index (χ1v) is 11.3. The van der Waals surface area contributed by atoms with Crippen molar-refractivity contribution < 1.29 is 14.3 Å². The van der Waals surface area contributed by atoms with Crippen LogP contribution in [0, 0.1) is 0 Å². The number of H-pyrrole nitrogens is 1. The second-order valence-electron chi connectivity index (χ2n) is 7.82. The summed E-state index contributed by atoms with van der Waals surface area (Å²) in [5.74, 6) is 1.44. The molecule has 2 N–H and O–H groups in total. The van der Waals surface area contributed by atoms with E-state index in [0.29, 0.717) is 24.6 Å². The number of carbonyl (C=O) groups is 1. The monoisotopic (exact) mass is 463 g/mol. The highest BCUT2D eigenvalue weighted by Crippen LogP contribution is 2.25. The number of aromatic amines is 1. The van der Waals surface area contributed by atoms with E-state index in [-0.39, 0.29) is 5.91 Å². The zero-order valence-electron chi connectivity index (χ0n) is 19.5. The van der Waals surface area contributed by atoms with Gasteiger partial charge in [0, 0.05) is 44.8 Å². The lowest BCUT2D eigenvalue weighted by atomic mass is 10.1. The molecular formula is C24H29N7O3. The fourth-order valence-electron chi connectivity index (χ4n) is 3.86. The fraction of sp³-hybridized carbons (Fsp3) is 0.375. The number of nitrogens with zero attached hydrogens (tertiary/aromatic N) is 5. The molecule has 178 valence electrons. The molecule has 1 aliphatic rings. The normalized spacial score (nSPS) is 13.1. The van der Waals surface area contributed by atoms with Crippen LogP contribution in [0.25, 0.3) is 22.1 Å². The largest absolute Gasteiger partial charge is 0.496 e. The number of fused-ring (bicyclic) bond motifs is 2. The van der Waals surface area contributed by atoms with Crippen molar-refractivity contribution in [1.82, 2.24) is 30.2 Å². The Labute approximate surface area is 197 Å². The van der Waals surface area contributed by atoms with Gasteiger partial charge in [-0.3, -0.25) is 4.79 Å². The summed E-state index contributed by atoms with van der Waals surface area (Å²) in [6.45, 7) is 3.36. The molecule has 34 heavy (non-hydrogen) atoms. The highest BCUT2D eigenvalue weighted by atomic mass is 16.5. The zero-order chi connectivity index (χ0) is 23.8. The lowest BCUT2D eigenvalue weighted by Gasteiger charge is -2.15. The second kappa shape index (κ2) is 11.4. The quantitative estimate of drug-likeness (QED) is 0.402. The molecule has 10 heteroatoms. The van der Waals surface area contributed by atoms with E-state index in [9.17, 15) is 4.79 Å². The van der Waals surface area contributed by atoms with Crippen LogP contribution in [0.1, 0.15) is 29.8 Å². The summed E-state index contributed by atoms with van der Waals surface area (Å²) in [6.07, 6.45) is 6.52. The van der Waals surface area contributed by atoms with E-state index in [1.165, 1.54) is 12.8 Å². The molecule has 10 nitrogen and oxygen atoms in total. The Bertz CT molecular complexity index is 1240. The van der Waals surface area contributed by atoms with Crippen molar-refractivity contribution in [3.05, 3.63) is 48.7 Å². The van der Waals surface area contributed by atoms with Gasteiger partial charge in [-0.25, -0.2) is 19.9 Å². The van der Waals surface area contributed by atoms with Gasteiger partial charge in [0.05, 0.1) is 19.0 Å². The van der Waals surface area contributed by atoms with Crippen molar-refractivity contribution in [2.45, 2.75) is 19.3 Å². The molecule has 1 amide bonds. The van der Waals surface area contributed by atoms with Crippen LogP contribution in [0.4, 0.5) is 5.82 Å². The summed E-state index contributed by atoms with van der Waals surface area (Å²) in [7, 11) is 3.22. The molecule has 0 spiro atoms. The van der Waals surface area contributed by atoms with Crippen LogP contribution >= 0.6 is 0 Å². The van der Waals surface area contributed by atoms with Crippen molar-refractivity contribution in [2.75, 3.05) is 45.4 Å². The van der Waals surface area contributed by atoms with Gasteiger partial charge >= 0.3 is 0 Å². The third-order valence-corrected chi connectivity index (χ3v) is 5.55. The highest BCUT2D eigenvalue weighted by Gasteiger charge is 2.17. The number of anilines is 1. The lowest BCUT2D eigenvalue weighted by Crippen LogP contribution is -2.26. The molecule has 1 aliphatic heterocycles. The Morgan fingerprint density at radius 2 is 1.97 bits per heavy atom. The summed E-state index contributed by atoms with van der Waals surface area (Å²) in [5.41, 5.74) is 2.81. The topological polar surface area (TPSA) is 118 Å². The SMILES string of the molecule is COCCCNC(=O)c1cc(OC)c2ccccc2n1.c1nc(N2CCCC2)c2[nH]cnc2n1. The Hall–Kier alpha value is -3.79. The molecule has 1 saturated heterocycles. The van der Waals surface area contributed by atoms with E-state index in [1.807, 2.05) is 24.3 Å². The number of nitrogens with one attached hydrogen (secondary N) is 2. The Morgan fingerprint density at radius 3 is 2.76 bits per heavy atom. The minimum atomic E-state index is -0.204. The standard InChI is InChI=1S/C15H18N2O3.C9H11N5/c1-19-9-5-8-16-15(18)13-10-14(20-2)11-6-3-4-7-12(11)17-13;1-2-4-14(3-1)9-7-8(11-5-10-7)12-6-13-9/h3-4,6-7,10H,5,8-9H2,1-2H3,(H,16,18);5-6H,1-4H2,(H,10,11,12,13). The summed E-state index contributed by atoms with van der Waals surface area (Å²) in [4.78, 5) is 34.3. The first kappa shape index (κ1) is 23.4. The number of pyridine rings is 1. The predicted octanol–water partition coefficient (Wildman–Crippen LogP) is 2.96. The van der Waals surface area contributed by atoms with Gasteiger partial charge in [0.15, 0.2) is 11.5 Å². The van der Waals surface area contributed by atoms with Crippen LogP contribution in [-0.2, 0) is 4.74 Å². The predicted molar refractivity (Wildman–Crippen MR) is 130 cm³/mol. The molecule has 4 heterocycles. The van der Waals surface area contributed by atoms with E-state index in [4.69, 9.17) is 9.47 Å². The molecule has 1 fully saturated rings. The molecule has 5 rings (SSSR count). The van der Waals surface area contributed by atoms with Crippen LogP contribution in [0.15, 0.2) is 43.0 Å². The maximum absolute atomic E-state index is 12.0. The Balaban J connectivity index is 0.000000170. The van der Waals surface area contributed by atoms with Gasteiger partial charge in [0.1, 0.15) is 23.3 Å². The van der Waals surface area contributed by atoms with Crippen molar-refractivity contribution in [3.8, 4) is 5.75 Å². The molecule has 0 aliphatic carbocycles. The molecule has 0 unspecified atom stereocenters. The van der Waals surface area contributed by atoms with Crippen LogP contribution in [-0.4, -0.2) is 71.3 Å². The smallest absolute Gasteiger partial charge is 0.270 e. The van der Waals surface area contributed by atoms with E-state index < -0.39 is 0 Å². The molecule has 4 aromatic rings. The number of hydrogen-bond donors (Lipinski definition) is 2. The highest BCUT2D eigenvalue weighted by molar-refractivity contribution is 5.97. The number of ether oxygens (including phenoxy) is 2. The van der Waals surface area contributed by atoms with Gasteiger partial charge in [-0.05, 0) is 31.4 Å². The number of amides is 1. The summed E-state index contributed by atoms with van der Waals surface area (Å²) < 4.78 is 10.3. The minimum Gasteiger partial charge on any atom is -0.496 e. The van der Waals surface area contributed by atoms with E-state index in [0.717, 1.165) is 47.4 Å². The molecule has 3 aromatic heterocycles. The van der Waals surface area contributed by atoms with Crippen molar-refractivity contribution in [3.63, 3.8) is 0 Å². The van der Waals surface area contributed by atoms with Gasteiger partial charge in [-0.1, -0.05) is 12.1 Å². The average Bonchev–Trinajstić information content (AvgIpc) is 3.58. The molecule has 0 saturated carbocycles. The maximum Gasteiger partial charge on any atom is 0.270 e. The van der Waals surface area contributed by atoms with Crippen molar-refractivity contribution >= 4 is 33.8 Å². The minimum absolute atomic E-state index is 0.204. The fourth-order valence-corrected chi connectivity index (χ4v) is 3.86. The molecule has 1 aromatic carbocycles. The zero-order valence-corrected chi connectivity index (χ0v) is 19.5. The van der Waals surface area contributed by atoms with Crippen LogP contribution < -0.4 is 15.0 Å². The molecule has 0 bridgehead atoms. The third kappa shape index (κ3) is 5.40. The number of imidazole rings is 1. The Morgan fingerprint density at radius 1 is 1.15 bits per heavy atom. The van der Waals surface area contributed by atoms with E-state index >= 15 is 0 Å². The van der Waals surface area contributed by atoms with Crippen LogP contribution in [0.3, 0.4) is 0 Å². The third-order valence-electron chi connectivity index (χ3n) is 5.55. The maximum atomic E-state index is 12.0. The van der Waals surface area contributed by atoms with Gasteiger partial charge in [-0.2, -0.15) is 0 Å². The number of para-hydroxylation sites is 1. The molecular weight excluding hydrogens is 434 g/mol. The molecule has 0 radical (unpaired) electrons. The molecule has 0 atom stereocenters. The van der Waals surface area contributed by atoms with Gasteiger partial charge in [0.25, 0.3) is 5.91 Å². The van der Waals surface area contributed by atoms with Gasteiger partial charge < -0.3 is 24.7 Å². The Kier molecular flexibility index (Phi) is 7.82. The van der Waals surface area contributed by atoms with E-state index in [1.54, 1.807) is 32.9 Å². The van der Waals surface area contributed by atoms with Gasteiger partial charge in [0.2, 0.25) is 0 Å². The van der Waals surface area contributed by atoms with Crippen LogP contribution in [0.5, 0.6) is 5.75 Å². The number of hydrogen-bond acceptors (Lipinski definition) is 8. The number of benzene rings is 1. The van der Waals surface area contributed by atoms with E-state index in [2.05, 4.69) is 35.1 Å². The van der Waals surface area contributed by atoms with Crippen molar-refractivity contribution in [1.29, 1.82) is 0 Å². The number of carbonyl (C=O) groups excluding carboxylic acids is 1. The average molecular weight is 464 g/mol. The number of methoxy groups -OCH3 is 2. The second-order valence-corrected chi connectivity index (χ2v) is 7.82. The number of rotatable bonds is 7. The van der Waals surface area contributed by atoms with Gasteiger partial charge in [-0.15, -0.1) is 0 Å². The van der Waals surface area contributed by atoms with Crippen LogP contribution in [0.2, 0.25) is 0 Å². The first-order chi connectivity index (χ1) is 16.7. The summed E-state index contributed by atoms with van der Waals surface area (Å²) in [6, 6.07) is 9.24.